The quantitative estimate of drug-likeness (QED) is 0.629. The van der Waals surface area contributed by atoms with Crippen molar-refractivity contribution in [2.45, 2.75) is 6.61 Å². The van der Waals surface area contributed by atoms with Crippen molar-refractivity contribution >= 4 is 11.2 Å². The van der Waals surface area contributed by atoms with E-state index < -0.39 is 0 Å². The molecule has 1 nitrogen and oxygen atoms in total. The Morgan fingerprint density at radius 1 is 1.18 bits per heavy atom. The van der Waals surface area contributed by atoms with E-state index >= 15 is 0 Å². The summed E-state index contributed by atoms with van der Waals surface area (Å²) in [6, 6.07) is 10.2. The third-order valence-corrected chi connectivity index (χ3v) is 1.89. The molecule has 0 bridgehead atoms. The van der Waals surface area contributed by atoms with Crippen molar-refractivity contribution in [2.24, 2.45) is 0 Å². The van der Waals surface area contributed by atoms with Crippen molar-refractivity contribution in [1.82, 2.24) is 0 Å². The lowest BCUT2D eigenvalue weighted by molar-refractivity contribution is 0.355. The predicted octanol–water partition coefficient (Wildman–Crippen LogP) is 2.00. The summed E-state index contributed by atoms with van der Waals surface area (Å²) >= 11 is 0.0839. The molecule has 0 unspecified atom stereocenters. The SMILES string of the molecule is C[S+](C)OCc1ccccc1. The second kappa shape index (κ2) is 4.42. The molecule has 0 saturated carbocycles. The molecule has 0 spiro atoms. The van der Waals surface area contributed by atoms with Gasteiger partial charge in [0.2, 0.25) is 0 Å². The fraction of sp³-hybridized carbons (Fsp3) is 0.333. The Bertz CT molecular complexity index is 196. The van der Waals surface area contributed by atoms with Gasteiger partial charge in [-0.05, 0) is 5.56 Å². The van der Waals surface area contributed by atoms with E-state index in [-0.39, 0.29) is 11.2 Å². The van der Waals surface area contributed by atoms with E-state index in [1.165, 1.54) is 5.56 Å². The van der Waals surface area contributed by atoms with Crippen molar-refractivity contribution < 1.29 is 4.18 Å². The topological polar surface area (TPSA) is 9.23 Å². The minimum Gasteiger partial charge on any atom is -0.170 e. The molecule has 0 heterocycles. The van der Waals surface area contributed by atoms with Crippen LogP contribution in [-0.4, -0.2) is 12.5 Å². The van der Waals surface area contributed by atoms with Gasteiger partial charge in [0.1, 0.15) is 30.3 Å². The zero-order valence-corrected chi connectivity index (χ0v) is 7.73. The molecule has 0 fully saturated rings. The number of hydrogen-bond acceptors (Lipinski definition) is 1. The monoisotopic (exact) mass is 169 g/mol. The molecule has 1 rings (SSSR count). The van der Waals surface area contributed by atoms with Crippen LogP contribution in [0.5, 0.6) is 0 Å². The lowest BCUT2D eigenvalue weighted by Gasteiger charge is -1.97. The first kappa shape index (κ1) is 8.62. The smallest absolute Gasteiger partial charge is 0.141 e. The normalized spacial score (nSPS) is 10.5. The van der Waals surface area contributed by atoms with E-state index in [0.29, 0.717) is 0 Å². The summed E-state index contributed by atoms with van der Waals surface area (Å²) in [5, 5.41) is 0. The Labute approximate surface area is 70.9 Å². The molecule has 0 atom stereocenters. The van der Waals surface area contributed by atoms with Crippen LogP contribution in [0.4, 0.5) is 0 Å². The van der Waals surface area contributed by atoms with Crippen LogP contribution in [0.25, 0.3) is 0 Å². The first-order chi connectivity index (χ1) is 5.29. The Morgan fingerprint density at radius 2 is 1.82 bits per heavy atom. The maximum atomic E-state index is 5.46. The van der Waals surface area contributed by atoms with Gasteiger partial charge in [-0.2, -0.15) is 4.18 Å². The third-order valence-electron chi connectivity index (χ3n) is 1.30. The summed E-state index contributed by atoms with van der Waals surface area (Å²) in [4.78, 5) is 0. The summed E-state index contributed by atoms with van der Waals surface area (Å²) in [7, 11) is 0. The molecule has 0 saturated heterocycles. The molecule has 60 valence electrons. The van der Waals surface area contributed by atoms with Crippen molar-refractivity contribution in [1.29, 1.82) is 0 Å². The van der Waals surface area contributed by atoms with Gasteiger partial charge in [-0.15, -0.1) is 0 Å². The standard InChI is InChI=1S/C9H13OS/c1-11(2)10-8-9-6-4-3-5-7-9/h3-7H,8H2,1-2H3/q+1. The Kier molecular flexibility index (Phi) is 3.46. The lowest BCUT2D eigenvalue weighted by Crippen LogP contribution is -2.00. The van der Waals surface area contributed by atoms with Crippen molar-refractivity contribution in [3.63, 3.8) is 0 Å². The van der Waals surface area contributed by atoms with E-state index in [4.69, 9.17) is 4.18 Å². The minimum absolute atomic E-state index is 0.0839. The minimum atomic E-state index is 0.0839. The second-order valence-electron chi connectivity index (χ2n) is 2.49. The summed E-state index contributed by atoms with van der Waals surface area (Å²) in [6.07, 6.45) is 4.14. The van der Waals surface area contributed by atoms with Gasteiger partial charge in [-0.25, -0.2) is 0 Å². The highest BCUT2D eigenvalue weighted by Crippen LogP contribution is 2.02. The molecule has 0 aliphatic heterocycles. The highest BCUT2D eigenvalue weighted by atomic mass is 32.2. The van der Waals surface area contributed by atoms with E-state index in [9.17, 15) is 0 Å². The lowest BCUT2D eigenvalue weighted by atomic mass is 10.2. The summed E-state index contributed by atoms with van der Waals surface area (Å²) in [5.41, 5.74) is 1.24. The fourth-order valence-corrected chi connectivity index (χ4v) is 1.13. The number of benzene rings is 1. The van der Waals surface area contributed by atoms with Gasteiger partial charge in [-0.1, -0.05) is 30.3 Å². The average molecular weight is 169 g/mol. The van der Waals surface area contributed by atoms with Crippen LogP contribution in [0.2, 0.25) is 0 Å². The van der Waals surface area contributed by atoms with Crippen LogP contribution >= 0.6 is 0 Å². The summed E-state index contributed by atoms with van der Waals surface area (Å²) < 4.78 is 5.46. The Morgan fingerprint density at radius 3 is 2.36 bits per heavy atom. The van der Waals surface area contributed by atoms with Gasteiger partial charge in [-0.3, -0.25) is 0 Å². The second-order valence-corrected chi connectivity index (χ2v) is 4.21. The molecule has 0 amide bonds. The zero-order chi connectivity index (χ0) is 8.10. The third kappa shape index (κ3) is 3.44. The van der Waals surface area contributed by atoms with Crippen LogP contribution in [0, 0.1) is 0 Å². The highest BCUT2D eigenvalue weighted by Gasteiger charge is 2.02. The summed E-state index contributed by atoms with van der Waals surface area (Å²) in [5.74, 6) is 0. The molecular weight excluding hydrogens is 156 g/mol. The molecule has 11 heavy (non-hydrogen) atoms. The van der Waals surface area contributed by atoms with Gasteiger partial charge in [0.15, 0.2) is 0 Å². The molecule has 0 aromatic heterocycles. The van der Waals surface area contributed by atoms with E-state index in [0.717, 1.165) is 6.61 Å². The first-order valence-corrected chi connectivity index (χ1v) is 5.50. The van der Waals surface area contributed by atoms with E-state index in [1.54, 1.807) is 0 Å². The molecule has 0 radical (unpaired) electrons. The van der Waals surface area contributed by atoms with Crippen molar-refractivity contribution in [2.75, 3.05) is 12.5 Å². The fourth-order valence-electron chi connectivity index (χ4n) is 0.760. The highest BCUT2D eigenvalue weighted by molar-refractivity contribution is 7.90. The Hall–Kier alpha value is -0.470. The largest absolute Gasteiger partial charge is 0.170 e. The first-order valence-electron chi connectivity index (χ1n) is 3.54. The maximum Gasteiger partial charge on any atom is 0.141 e. The summed E-state index contributed by atoms with van der Waals surface area (Å²) in [6.45, 7) is 0.733. The Balaban J connectivity index is 2.39. The van der Waals surface area contributed by atoms with Crippen molar-refractivity contribution in [3.8, 4) is 0 Å². The van der Waals surface area contributed by atoms with Gasteiger partial charge in [0, 0.05) is 0 Å². The molecule has 0 aliphatic carbocycles. The van der Waals surface area contributed by atoms with Gasteiger partial charge in [0.25, 0.3) is 0 Å². The maximum absolute atomic E-state index is 5.46. The number of hydrogen-bond donors (Lipinski definition) is 0. The molecular formula is C9H13OS+. The van der Waals surface area contributed by atoms with Crippen LogP contribution in [0.1, 0.15) is 5.56 Å². The van der Waals surface area contributed by atoms with Gasteiger partial charge >= 0.3 is 0 Å². The predicted molar refractivity (Wildman–Crippen MR) is 50.4 cm³/mol. The van der Waals surface area contributed by atoms with Crippen LogP contribution in [0.15, 0.2) is 30.3 Å². The molecule has 0 N–H and O–H groups in total. The van der Waals surface area contributed by atoms with Crippen molar-refractivity contribution in [3.05, 3.63) is 35.9 Å². The molecule has 1 aromatic rings. The average Bonchev–Trinajstić information content (AvgIpc) is 2.03. The molecule has 1 aromatic carbocycles. The van der Waals surface area contributed by atoms with Gasteiger partial charge < -0.3 is 0 Å². The number of rotatable bonds is 3. The molecule has 0 aliphatic rings. The van der Waals surface area contributed by atoms with Gasteiger partial charge in [0.05, 0.1) is 0 Å². The van der Waals surface area contributed by atoms with E-state index in [1.807, 2.05) is 18.2 Å². The van der Waals surface area contributed by atoms with E-state index in [2.05, 4.69) is 24.6 Å². The zero-order valence-electron chi connectivity index (χ0n) is 6.91. The van der Waals surface area contributed by atoms with Crippen LogP contribution in [-0.2, 0) is 22.0 Å². The van der Waals surface area contributed by atoms with Crippen LogP contribution in [0.3, 0.4) is 0 Å². The molecule has 2 heteroatoms. The van der Waals surface area contributed by atoms with Crippen LogP contribution < -0.4 is 0 Å².